The standard InChI is InChI=1S/C10H11ClF3NO3S/c1-6(5-16)15-19(17,18)9-3-2-7(11)4-8(9)10(12,13)14/h2-4,6,15-16H,5H2,1H3/t6-/m0/s1. The minimum absolute atomic E-state index is 0.221. The van der Waals surface area contributed by atoms with Gasteiger partial charge in [0.2, 0.25) is 10.0 Å². The molecule has 1 aromatic rings. The lowest BCUT2D eigenvalue weighted by molar-refractivity contribution is -0.139. The van der Waals surface area contributed by atoms with Crippen molar-refractivity contribution in [1.29, 1.82) is 0 Å². The van der Waals surface area contributed by atoms with Crippen molar-refractivity contribution in [2.75, 3.05) is 6.61 Å². The summed E-state index contributed by atoms with van der Waals surface area (Å²) >= 11 is 5.45. The van der Waals surface area contributed by atoms with Gasteiger partial charge in [-0.3, -0.25) is 0 Å². The second kappa shape index (κ2) is 5.66. The van der Waals surface area contributed by atoms with E-state index in [-0.39, 0.29) is 5.02 Å². The van der Waals surface area contributed by atoms with E-state index in [2.05, 4.69) is 0 Å². The molecule has 0 aromatic heterocycles. The molecule has 0 aliphatic heterocycles. The Morgan fingerprint density at radius 1 is 1.42 bits per heavy atom. The molecular weight excluding hydrogens is 307 g/mol. The number of aliphatic hydroxyl groups excluding tert-OH is 1. The Balaban J connectivity index is 3.35. The quantitative estimate of drug-likeness (QED) is 0.893. The molecule has 0 spiro atoms. The van der Waals surface area contributed by atoms with E-state index in [1.807, 2.05) is 4.72 Å². The third-order valence-corrected chi connectivity index (χ3v) is 4.05. The van der Waals surface area contributed by atoms with Crippen LogP contribution in [0.3, 0.4) is 0 Å². The molecule has 0 bridgehead atoms. The van der Waals surface area contributed by atoms with Crippen LogP contribution in [0.4, 0.5) is 13.2 Å². The van der Waals surface area contributed by atoms with Crippen LogP contribution in [0.15, 0.2) is 23.1 Å². The molecule has 0 fully saturated rings. The summed E-state index contributed by atoms with van der Waals surface area (Å²) in [5, 5.41) is 8.53. The van der Waals surface area contributed by atoms with Gasteiger partial charge in [-0.2, -0.15) is 13.2 Å². The van der Waals surface area contributed by atoms with Gasteiger partial charge in [0.15, 0.2) is 0 Å². The van der Waals surface area contributed by atoms with Gasteiger partial charge in [0, 0.05) is 11.1 Å². The highest BCUT2D eigenvalue weighted by Gasteiger charge is 2.37. The van der Waals surface area contributed by atoms with Crippen LogP contribution in [-0.4, -0.2) is 26.2 Å². The molecule has 0 aliphatic rings. The minimum Gasteiger partial charge on any atom is -0.395 e. The highest BCUT2D eigenvalue weighted by Crippen LogP contribution is 2.35. The van der Waals surface area contributed by atoms with Crippen LogP contribution in [0, 0.1) is 0 Å². The summed E-state index contributed by atoms with van der Waals surface area (Å²) in [6, 6.07) is 1.47. The Labute approximate surface area is 113 Å². The normalized spacial score (nSPS) is 14.4. The maximum atomic E-state index is 12.8. The van der Waals surface area contributed by atoms with E-state index in [0.29, 0.717) is 6.07 Å². The molecule has 2 N–H and O–H groups in total. The second-order valence-electron chi connectivity index (χ2n) is 3.84. The number of hydrogen-bond donors (Lipinski definition) is 2. The van der Waals surface area contributed by atoms with E-state index in [4.69, 9.17) is 16.7 Å². The number of sulfonamides is 1. The third kappa shape index (κ3) is 4.07. The first-order chi connectivity index (χ1) is 8.58. The highest BCUT2D eigenvalue weighted by atomic mass is 35.5. The van der Waals surface area contributed by atoms with E-state index in [0.717, 1.165) is 12.1 Å². The van der Waals surface area contributed by atoms with Crippen molar-refractivity contribution in [2.24, 2.45) is 0 Å². The van der Waals surface area contributed by atoms with E-state index in [1.165, 1.54) is 6.92 Å². The van der Waals surface area contributed by atoms with Gasteiger partial charge in [-0.1, -0.05) is 11.6 Å². The average molecular weight is 318 g/mol. The molecular formula is C10H11ClF3NO3S. The van der Waals surface area contributed by atoms with Gasteiger partial charge >= 0.3 is 6.18 Å². The summed E-state index contributed by atoms with van der Waals surface area (Å²) in [4.78, 5) is -0.926. The van der Waals surface area contributed by atoms with Gasteiger partial charge in [0.1, 0.15) is 0 Å². The molecule has 0 heterocycles. The van der Waals surface area contributed by atoms with Crippen molar-refractivity contribution in [1.82, 2.24) is 4.72 Å². The number of rotatable bonds is 4. The molecule has 19 heavy (non-hydrogen) atoms. The van der Waals surface area contributed by atoms with Crippen LogP contribution in [0.5, 0.6) is 0 Å². The summed E-state index contributed by atoms with van der Waals surface area (Å²) < 4.78 is 63.9. The molecule has 0 saturated heterocycles. The monoisotopic (exact) mass is 317 g/mol. The van der Waals surface area contributed by atoms with E-state index >= 15 is 0 Å². The number of aliphatic hydroxyl groups is 1. The van der Waals surface area contributed by atoms with Crippen molar-refractivity contribution in [3.8, 4) is 0 Å². The SMILES string of the molecule is C[C@@H](CO)NS(=O)(=O)c1ccc(Cl)cc1C(F)(F)F. The van der Waals surface area contributed by atoms with Crippen LogP contribution in [-0.2, 0) is 16.2 Å². The highest BCUT2D eigenvalue weighted by molar-refractivity contribution is 7.89. The lowest BCUT2D eigenvalue weighted by Crippen LogP contribution is -2.36. The lowest BCUT2D eigenvalue weighted by atomic mass is 10.2. The smallest absolute Gasteiger partial charge is 0.395 e. The molecule has 0 unspecified atom stereocenters. The zero-order valence-corrected chi connectivity index (χ0v) is 11.3. The fourth-order valence-electron chi connectivity index (χ4n) is 1.32. The largest absolute Gasteiger partial charge is 0.417 e. The van der Waals surface area contributed by atoms with Crippen molar-refractivity contribution in [3.63, 3.8) is 0 Å². The first-order valence-corrected chi connectivity index (χ1v) is 6.94. The number of nitrogens with one attached hydrogen (secondary N) is 1. The maximum absolute atomic E-state index is 12.8. The molecule has 108 valence electrons. The zero-order chi connectivity index (χ0) is 14.8. The molecule has 0 aliphatic carbocycles. The Bertz CT molecular complexity index is 560. The summed E-state index contributed by atoms with van der Waals surface area (Å²) in [6.07, 6.45) is -4.85. The van der Waals surface area contributed by atoms with Crippen LogP contribution >= 0.6 is 11.6 Å². The van der Waals surface area contributed by atoms with Crippen LogP contribution < -0.4 is 4.72 Å². The van der Waals surface area contributed by atoms with Crippen molar-refractivity contribution < 1.29 is 26.7 Å². The summed E-state index contributed by atoms with van der Waals surface area (Å²) in [5.41, 5.74) is -1.35. The topological polar surface area (TPSA) is 66.4 Å². The van der Waals surface area contributed by atoms with Gasteiger partial charge in [0.05, 0.1) is 17.1 Å². The van der Waals surface area contributed by atoms with Gasteiger partial charge in [-0.25, -0.2) is 13.1 Å². The lowest BCUT2D eigenvalue weighted by Gasteiger charge is -2.16. The van der Waals surface area contributed by atoms with Gasteiger partial charge in [-0.15, -0.1) is 0 Å². The van der Waals surface area contributed by atoms with Crippen molar-refractivity contribution in [2.45, 2.75) is 24.0 Å². The number of alkyl halides is 3. The number of hydrogen-bond acceptors (Lipinski definition) is 3. The van der Waals surface area contributed by atoms with Crippen LogP contribution in [0.25, 0.3) is 0 Å². The molecule has 0 amide bonds. The Morgan fingerprint density at radius 3 is 2.47 bits per heavy atom. The third-order valence-electron chi connectivity index (χ3n) is 2.17. The van der Waals surface area contributed by atoms with Gasteiger partial charge in [-0.05, 0) is 25.1 Å². The number of halogens is 4. The van der Waals surface area contributed by atoms with Crippen molar-refractivity contribution >= 4 is 21.6 Å². The van der Waals surface area contributed by atoms with Gasteiger partial charge in [0.25, 0.3) is 0 Å². The van der Waals surface area contributed by atoms with E-state index in [1.54, 1.807) is 0 Å². The van der Waals surface area contributed by atoms with Crippen LogP contribution in [0.1, 0.15) is 12.5 Å². The average Bonchev–Trinajstić information content (AvgIpc) is 2.26. The minimum atomic E-state index is -4.85. The van der Waals surface area contributed by atoms with Gasteiger partial charge < -0.3 is 5.11 Å². The molecule has 1 rings (SSSR count). The van der Waals surface area contributed by atoms with Crippen molar-refractivity contribution in [3.05, 3.63) is 28.8 Å². The summed E-state index contributed by atoms with van der Waals surface area (Å²) in [7, 11) is -4.39. The molecule has 1 atom stereocenters. The Kier molecular flexibility index (Phi) is 4.83. The van der Waals surface area contributed by atoms with E-state index in [9.17, 15) is 21.6 Å². The van der Waals surface area contributed by atoms with E-state index < -0.39 is 39.3 Å². The summed E-state index contributed by atoms with van der Waals surface area (Å²) in [6.45, 7) is 0.787. The predicted octanol–water partition coefficient (Wildman–Crippen LogP) is 2.02. The molecule has 0 radical (unpaired) electrons. The first-order valence-electron chi connectivity index (χ1n) is 5.08. The molecule has 4 nitrogen and oxygen atoms in total. The fraction of sp³-hybridized carbons (Fsp3) is 0.400. The molecule has 0 saturated carbocycles. The fourth-order valence-corrected chi connectivity index (χ4v) is 2.94. The molecule has 1 aromatic carbocycles. The summed E-state index contributed by atoms with van der Waals surface area (Å²) in [5.74, 6) is 0. The Morgan fingerprint density at radius 2 is 2.00 bits per heavy atom. The Hall–Kier alpha value is -0.830. The predicted molar refractivity (Wildman–Crippen MR) is 63.3 cm³/mol. The first kappa shape index (κ1) is 16.2. The van der Waals surface area contributed by atoms with Crippen LogP contribution in [0.2, 0.25) is 5.02 Å². The number of benzene rings is 1. The zero-order valence-electron chi connectivity index (χ0n) is 9.70. The second-order valence-corrected chi connectivity index (χ2v) is 5.96. The maximum Gasteiger partial charge on any atom is 0.417 e. The molecule has 9 heteroatoms.